The first-order valence-electron chi connectivity index (χ1n) is 8.78. The van der Waals surface area contributed by atoms with Gasteiger partial charge in [-0.25, -0.2) is 0 Å². The number of amides is 1. The predicted octanol–water partition coefficient (Wildman–Crippen LogP) is 5.05. The van der Waals surface area contributed by atoms with Crippen molar-refractivity contribution in [1.29, 1.82) is 5.26 Å². The third-order valence-electron chi connectivity index (χ3n) is 3.69. The average Bonchev–Trinajstić information content (AvgIpc) is 2.67. The minimum absolute atomic E-state index is 0.0623. The molecule has 1 amide bonds. The lowest BCUT2D eigenvalue weighted by Crippen LogP contribution is -2.14. The molecule has 0 spiro atoms. The van der Waals surface area contributed by atoms with Crippen LogP contribution in [0.1, 0.15) is 25.0 Å². The smallest absolute Gasteiger partial charge is 0.416 e. The van der Waals surface area contributed by atoms with Gasteiger partial charge in [0.1, 0.15) is 11.6 Å². The standard InChI is InChI=1S/C21H19F3N2O3/c1-3-28-18-9-8-14(11-19(18)29-4-2)10-15(13-25)20(27)26-17-7-5-6-16(12-17)21(22,23)24/h5-12H,3-4H2,1-2H3,(H,26,27)/b15-10+. The van der Waals surface area contributed by atoms with E-state index in [0.717, 1.165) is 12.1 Å². The fraction of sp³-hybridized carbons (Fsp3) is 0.238. The molecule has 0 aromatic heterocycles. The number of hydrogen-bond acceptors (Lipinski definition) is 4. The molecule has 2 aromatic rings. The molecule has 0 atom stereocenters. The summed E-state index contributed by atoms with van der Waals surface area (Å²) in [7, 11) is 0. The Hall–Kier alpha value is -3.47. The average molecular weight is 404 g/mol. The van der Waals surface area contributed by atoms with Crippen LogP contribution in [0.25, 0.3) is 6.08 Å². The van der Waals surface area contributed by atoms with Crippen molar-refractivity contribution in [2.75, 3.05) is 18.5 Å². The van der Waals surface area contributed by atoms with Crippen LogP contribution in [0.5, 0.6) is 11.5 Å². The highest BCUT2D eigenvalue weighted by molar-refractivity contribution is 6.09. The predicted molar refractivity (Wildman–Crippen MR) is 102 cm³/mol. The minimum atomic E-state index is -4.54. The lowest BCUT2D eigenvalue weighted by molar-refractivity contribution is -0.137. The molecule has 1 N–H and O–H groups in total. The molecule has 5 nitrogen and oxygen atoms in total. The molecule has 0 saturated heterocycles. The summed E-state index contributed by atoms with van der Waals surface area (Å²) >= 11 is 0. The zero-order chi connectivity index (χ0) is 21.4. The normalized spacial score (nSPS) is 11.5. The SMILES string of the molecule is CCOc1ccc(/C=C(\C#N)C(=O)Nc2cccc(C(F)(F)F)c2)cc1OCC. The van der Waals surface area contributed by atoms with Gasteiger partial charge < -0.3 is 14.8 Å². The number of anilines is 1. The molecule has 2 rings (SSSR count). The highest BCUT2D eigenvalue weighted by Crippen LogP contribution is 2.31. The molecular formula is C21H19F3N2O3. The summed E-state index contributed by atoms with van der Waals surface area (Å²) in [6, 6.07) is 10.9. The van der Waals surface area contributed by atoms with Crippen molar-refractivity contribution < 1.29 is 27.4 Å². The topological polar surface area (TPSA) is 71.3 Å². The van der Waals surface area contributed by atoms with Gasteiger partial charge in [0.05, 0.1) is 18.8 Å². The molecule has 2 aromatic carbocycles. The van der Waals surface area contributed by atoms with E-state index in [2.05, 4.69) is 5.32 Å². The molecular weight excluding hydrogens is 385 g/mol. The molecule has 29 heavy (non-hydrogen) atoms. The number of hydrogen-bond donors (Lipinski definition) is 1. The summed E-state index contributed by atoms with van der Waals surface area (Å²) in [6.45, 7) is 4.48. The van der Waals surface area contributed by atoms with Gasteiger partial charge in [-0.05, 0) is 55.8 Å². The zero-order valence-electron chi connectivity index (χ0n) is 15.8. The Kier molecular flexibility index (Phi) is 7.26. The van der Waals surface area contributed by atoms with Crippen LogP contribution in [0.4, 0.5) is 18.9 Å². The molecule has 152 valence electrons. The van der Waals surface area contributed by atoms with E-state index in [9.17, 15) is 23.2 Å². The highest BCUT2D eigenvalue weighted by Gasteiger charge is 2.30. The number of alkyl halides is 3. The van der Waals surface area contributed by atoms with Gasteiger partial charge >= 0.3 is 6.18 Å². The number of nitrogens with zero attached hydrogens (tertiary/aromatic N) is 1. The van der Waals surface area contributed by atoms with Crippen LogP contribution >= 0.6 is 0 Å². The quantitative estimate of drug-likeness (QED) is 0.518. The molecule has 0 bridgehead atoms. The van der Waals surface area contributed by atoms with Crippen molar-refractivity contribution >= 4 is 17.7 Å². The maximum atomic E-state index is 12.8. The summed E-state index contributed by atoms with van der Waals surface area (Å²) in [6.07, 6.45) is -3.21. The summed E-state index contributed by atoms with van der Waals surface area (Å²) in [5, 5.41) is 11.6. The van der Waals surface area contributed by atoms with Crippen LogP contribution in [0.3, 0.4) is 0 Å². The number of halogens is 3. The second-order valence-electron chi connectivity index (χ2n) is 5.77. The van der Waals surface area contributed by atoms with Gasteiger partial charge in [-0.1, -0.05) is 12.1 Å². The molecule has 0 aliphatic rings. The number of carbonyl (C=O) groups is 1. The van der Waals surface area contributed by atoms with Crippen molar-refractivity contribution in [1.82, 2.24) is 0 Å². The molecule has 0 unspecified atom stereocenters. The van der Waals surface area contributed by atoms with Gasteiger partial charge in [0, 0.05) is 5.69 Å². The summed E-state index contributed by atoms with van der Waals surface area (Å²) in [5.74, 6) is 0.163. The molecule has 0 saturated carbocycles. The lowest BCUT2D eigenvalue weighted by atomic mass is 10.1. The monoisotopic (exact) mass is 404 g/mol. The third kappa shape index (κ3) is 6.01. The van der Waals surface area contributed by atoms with Crippen LogP contribution in [0.15, 0.2) is 48.0 Å². The van der Waals surface area contributed by atoms with Gasteiger partial charge in [-0.15, -0.1) is 0 Å². The van der Waals surface area contributed by atoms with E-state index in [0.29, 0.717) is 30.3 Å². The second-order valence-corrected chi connectivity index (χ2v) is 5.77. The highest BCUT2D eigenvalue weighted by atomic mass is 19.4. The Morgan fingerprint density at radius 3 is 2.41 bits per heavy atom. The Balaban J connectivity index is 2.27. The fourth-order valence-corrected chi connectivity index (χ4v) is 2.44. The number of rotatable bonds is 7. The maximum Gasteiger partial charge on any atom is 0.416 e. The Bertz CT molecular complexity index is 947. The van der Waals surface area contributed by atoms with E-state index < -0.39 is 17.6 Å². The van der Waals surface area contributed by atoms with Crippen LogP contribution in [0.2, 0.25) is 0 Å². The number of nitriles is 1. The van der Waals surface area contributed by atoms with Gasteiger partial charge in [0.15, 0.2) is 11.5 Å². The molecule has 0 aliphatic heterocycles. The first kappa shape index (κ1) is 21.8. The van der Waals surface area contributed by atoms with Crippen LogP contribution in [-0.2, 0) is 11.0 Å². The number of nitrogens with one attached hydrogen (secondary N) is 1. The Morgan fingerprint density at radius 1 is 1.10 bits per heavy atom. The third-order valence-corrected chi connectivity index (χ3v) is 3.69. The molecule has 0 radical (unpaired) electrons. The van der Waals surface area contributed by atoms with Crippen molar-refractivity contribution in [2.45, 2.75) is 20.0 Å². The van der Waals surface area contributed by atoms with Crippen LogP contribution in [-0.4, -0.2) is 19.1 Å². The van der Waals surface area contributed by atoms with E-state index in [1.165, 1.54) is 18.2 Å². The number of benzene rings is 2. The summed E-state index contributed by atoms with van der Waals surface area (Å²) < 4.78 is 49.4. The van der Waals surface area contributed by atoms with Crippen molar-refractivity contribution in [3.63, 3.8) is 0 Å². The molecule has 0 heterocycles. The van der Waals surface area contributed by atoms with Gasteiger partial charge in [-0.3, -0.25) is 4.79 Å². The minimum Gasteiger partial charge on any atom is -0.490 e. The summed E-state index contributed by atoms with van der Waals surface area (Å²) in [4.78, 5) is 12.4. The zero-order valence-corrected chi connectivity index (χ0v) is 15.8. The van der Waals surface area contributed by atoms with Crippen LogP contribution in [0, 0.1) is 11.3 Å². The van der Waals surface area contributed by atoms with Crippen molar-refractivity contribution in [3.8, 4) is 17.6 Å². The number of ether oxygens (including phenoxy) is 2. The number of carbonyl (C=O) groups excluding carboxylic acids is 1. The molecule has 0 fully saturated rings. The largest absolute Gasteiger partial charge is 0.490 e. The van der Waals surface area contributed by atoms with Crippen molar-refractivity contribution in [2.24, 2.45) is 0 Å². The van der Waals surface area contributed by atoms with Gasteiger partial charge in [0.2, 0.25) is 0 Å². The molecule has 0 aliphatic carbocycles. The Morgan fingerprint density at radius 2 is 1.79 bits per heavy atom. The first-order valence-corrected chi connectivity index (χ1v) is 8.78. The Labute approximate surface area is 166 Å². The van der Waals surface area contributed by atoms with E-state index in [1.807, 2.05) is 13.8 Å². The maximum absolute atomic E-state index is 12.8. The molecule has 8 heteroatoms. The first-order chi connectivity index (χ1) is 13.8. The van der Waals surface area contributed by atoms with Gasteiger partial charge in [0.25, 0.3) is 5.91 Å². The van der Waals surface area contributed by atoms with E-state index in [-0.39, 0.29) is 11.3 Å². The van der Waals surface area contributed by atoms with E-state index >= 15 is 0 Å². The van der Waals surface area contributed by atoms with Crippen molar-refractivity contribution in [3.05, 3.63) is 59.2 Å². The fourth-order valence-electron chi connectivity index (χ4n) is 2.44. The van der Waals surface area contributed by atoms with Crippen LogP contribution < -0.4 is 14.8 Å². The van der Waals surface area contributed by atoms with E-state index in [4.69, 9.17) is 9.47 Å². The summed E-state index contributed by atoms with van der Waals surface area (Å²) in [5.41, 5.74) is -0.722. The second kappa shape index (κ2) is 9.64. The van der Waals surface area contributed by atoms with E-state index in [1.54, 1.807) is 24.3 Å². The lowest BCUT2D eigenvalue weighted by Gasteiger charge is -2.11. The van der Waals surface area contributed by atoms with Gasteiger partial charge in [-0.2, -0.15) is 18.4 Å².